The van der Waals surface area contributed by atoms with Crippen LogP contribution in [0.25, 0.3) is 48.3 Å². The number of hydrogen-bond donors (Lipinski definition) is 0. The molecule has 0 amide bonds. The highest BCUT2D eigenvalue weighted by Gasteiger charge is 2.42. The van der Waals surface area contributed by atoms with E-state index in [2.05, 4.69) is 148 Å². The summed E-state index contributed by atoms with van der Waals surface area (Å²) >= 11 is 0. The molecule has 0 atom stereocenters. The Labute approximate surface area is 281 Å². The van der Waals surface area contributed by atoms with Crippen molar-refractivity contribution in [3.63, 3.8) is 0 Å². The minimum atomic E-state index is -2.85. The van der Waals surface area contributed by atoms with E-state index in [0.717, 1.165) is 38.6 Å². The van der Waals surface area contributed by atoms with Crippen LogP contribution in [0, 0.1) is 13.1 Å². The highest BCUT2D eigenvalue weighted by atomic mass is 28.3. The lowest BCUT2D eigenvalue weighted by molar-refractivity contribution is 1.18. The van der Waals surface area contributed by atoms with Crippen molar-refractivity contribution in [1.29, 1.82) is 0 Å². The molecule has 0 spiro atoms. The normalized spacial score (nSPS) is 11.3. The summed E-state index contributed by atoms with van der Waals surface area (Å²) < 4.78 is 2.23. The molecule has 224 valence electrons. The van der Waals surface area contributed by atoms with Gasteiger partial charge in [-0.1, -0.05) is 140 Å². The summed E-state index contributed by atoms with van der Waals surface area (Å²) in [6.07, 6.45) is 0. The molecule has 0 radical (unpaired) electrons. The standard InChI is InChI=1S/C44H29N3Si/c1-45-33-26-27-43-41(31-33)40-23-12-14-24-42(40)47(43)35-29-32(28-34(30-35)46-2)39-22-13-15-25-44(39)48(36-16-6-3-7-17-36,37-18-8-4-9-19-37)38-20-10-5-11-21-38/h3-31H. The Bertz CT molecular complexity index is 2430. The first-order valence-electron chi connectivity index (χ1n) is 15.9. The maximum Gasteiger partial charge on any atom is 0.189 e. The zero-order chi connectivity index (χ0) is 32.5. The number of fused-ring (bicyclic) bond motifs is 3. The van der Waals surface area contributed by atoms with E-state index in [4.69, 9.17) is 13.1 Å². The van der Waals surface area contributed by atoms with Crippen molar-refractivity contribution < 1.29 is 0 Å². The lowest BCUT2D eigenvalue weighted by Gasteiger charge is -2.36. The monoisotopic (exact) mass is 627 g/mol. The molecule has 1 heterocycles. The maximum atomic E-state index is 8.18. The van der Waals surface area contributed by atoms with Gasteiger partial charge in [0.1, 0.15) is 0 Å². The van der Waals surface area contributed by atoms with Gasteiger partial charge in [0.25, 0.3) is 0 Å². The van der Waals surface area contributed by atoms with Crippen LogP contribution < -0.4 is 20.7 Å². The number of para-hydroxylation sites is 1. The number of hydrogen-bond acceptors (Lipinski definition) is 0. The molecule has 1 aromatic heterocycles. The Morgan fingerprint density at radius 1 is 0.438 bits per heavy atom. The molecular formula is C44H29N3Si. The second-order valence-corrected chi connectivity index (χ2v) is 15.7. The summed E-state index contributed by atoms with van der Waals surface area (Å²) in [5, 5.41) is 7.28. The molecule has 0 bridgehead atoms. The van der Waals surface area contributed by atoms with Crippen LogP contribution in [0.1, 0.15) is 0 Å². The van der Waals surface area contributed by atoms with Gasteiger partial charge in [0.2, 0.25) is 0 Å². The fourth-order valence-corrected chi connectivity index (χ4v) is 12.3. The molecule has 0 fully saturated rings. The molecule has 0 aliphatic rings. The quantitative estimate of drug-likeness (QED) is 0.0993. The van der Waals surface area contributed by atoms with Crippen molar-refractivity contribution in [3.8, 4) is 16.8 Å². The molecule has 0 saturated carbocycles. The Balaban J connectivity index is 1.45. The van der Waals surface area contributed by atoms with Crippen LogP contribution in [0.3, 0.4) is 0 Å². The average Bonchev–Trinajstić information content (AvgIpc) is 3.50. The van der Waals surface area contributed by atoms with Crippen molar-refractivity contribution >= 4 is 62.0 Å². The van der Waals surface area contributed by atoms with E-state index >= 15 is 0 Å². The van der Waals surface area contributed by atoms with E-state index in [-0.39, 0.29) is 0 Å². The lowest BCUT2D eigenvalue weighted by atomic mass is 10.0. The first-order valence-corrected chi connectivity index (χ1v) is 17.9. The van der Waals surface area contributed by atoms with Gasteiger partial charge in [0.15, 0.2) is 19.4 Å². The molecule has 8 aromatic rings. The van der Waals surface area contributed by atoms with E-state index in [1.165, 1.54) is 20.7 Å². The van der Waals surface area contributed by atoms with E-state index in [1.54, 1.807) is 0 Å². The van der Waals surface area contributed by atoms with Gasteiger partial charge in [-0.15, -0.1) is 0 Å². The third-order valence-electron chi connectivity index (χ3n) is 9.34. The summed E-state index contributed by atoms with van der Waals surface area (Å²) in [6, 6.07) is 62.0. The van der Waals surface area contributed by atoms with E-state index in [1.807, 2.05) is 42.5 Å². The fourth-order valence-electron chi connectivity index (χ4n) is 7.35. The third kappa shape index (κ3) is 4.64. The van der Waals surface area contributed by atoms with E-state index < -0.39 is 8.07 Å². The molecule has 3 nitrogen and oxygen atoms in total. The van der Waals surface area contributed by atoms with Gasteiger partial charge >= 0.3 is 0 Å². The average molecular weight is 628 g/mol. The number of rotatable bonds is 6. The van der Waals surface area contributed by atoms with Gasteiger partial charge in [0, 0.05) is 11.1 Å². The van der Waals surface area contributed by atoms with Crippen LogP contribution >= 0.6 is 0 Å². The van der Waals surface area contributed by atoms with Crippen molar-refractivity contribution in [1.82, 2.24) is 4.57 Å². The molecule has 0 saturated heterocycles. The van der Waals surface area contributed by atoms with E-state index in [0.29, 0.717) is 11.4 Å². The lowest BCUT2D eigenvalue weighted by Crippen LogP contribution is -2.75. The first kappa shape index (κ1) is 29.0. The molecule has 0 N–H and O–H groups in total. The van der Waals surface area contributed by atoms with E-state index in [9.17, 15) is 0 Å². The first-order chi connectivity index (χ1) is 23.7. The molecule has 48 heavy (non-hydrogen) atoms. The molecule has 0 aliphatic carbocycles. The van der Waals surface area contributed by atoms with Crippen LogP contribution in [0.5, 0.6) is 0 Å². The highest BCUT2D eigenvalue weighted by molar-refractivity contribution is 7.20. The maximum absolute atomic E-state index is 8.18. The number of aromatic nitrogens is 1. The van der Waals surface area contributed by atoms with Gasteiger partial charge in [-0.05, 0) is 73.7 Å². The van der Waals surface area contributed by atoms with Crippen LogP contribution in [0.15, 0.2) is 176 Å². The van der Waals surface area contributed by atoms with Crippen LogP contribution in [-0.4, -0.2) is 12.6 Å². The summed E-state index contributed by atoms with van der Waals surface area (Å²) in [4.78, 5) is 7.69. The van der Waals surface area contributed by atoms with Crippen molar-refractivity contribution in [3.05, 3.63) is 199 Å². The second-order valence-electron chi connectivity index (χ2n) is 11.9. The molecule has 4 heteroatoms. The molecular weight excluding hydrogens is 599 g/mol. The summed E-state index contributed by atoms with van der Waals surface area (Å²) in [5.74, 6) is 0. The molecule has 7 aromatic carbocycles. The number of benzene rings is 7. The fraction of sp³-hybridized carbons (Fsp3) is 0. The van der Waals surface area contributed by atoms with Gasteiger partial charge in [-0.25, -0.2) is 9.69 Å². The van der Waals surface area contributed by atoms with Gasteiger partial charge < -0.3 is 4.57 Å². The smallest absolute Gasteiger partial charge is 0.189 e. The van der Waals surface area contributed by atoms with Crippen LogP contribution in [0.4, 0.5) is 11.4 Å². The van der Waals surface area contributed by atoms with Crippen molar-refractivity contribution in [2.24, 2.45) is 0 Å². The Hall–Kier alpha value is -6.46. The minimum Gasteiger partial charge on any atom is -0.311 e. The summed E-state index contributed by atoms with van der Waals surface area (Å²) in [5.41, 5.74) is 6.26. The SMILES string of the molecule is [C-]#[N+]c1cc(-c2ccccc2[Si](c2ccccc2)(c2ccccc2)c2ccccc2)cc(-n2c3ccccc3c3cc([N+]#[C-])ccc32)c1. The van der Waals surface area contributed by atoms with Crippen LogP contribution in [-0.2, 0) is 0 Å². The zero-order valence-corrected chi connectivity index (χ0v) is 27.1. The van der Waals surface area contributed by atoms with Crippen molar-refractivity contribution in [2.75, 3.05) is 0 Å². The highest BCUT2D eigenvalue weighted by Crippen LogP contribution is 2.37. The Morgan fingerprint density at radius 3 is 1.60 bits per heavy atom. The molecule has 0 unspecified atom stereocenters. The Kier molecular flexibility index (Phi) is 7.27. The predicted octanol–water partition coefficient (Wildman–Crippen LogP) is 8.93. The van der Waals surface area contributed by atoms with Crippen LogP contribution in [0.2, 0.25) is 0 Å². The summed E-state index contributed by atoms with van der Waals surface area (Å²) in [6.45, 7) is 15.8. The minimum absolute atomic E-state index is 0.576. The Morgan fingerprint density at radius 2 is 0.979 bits per heavy atom. The second kappa shape index (κ2) is 12.0. The van der Waals surface area contributed by atoms with Crippen molar-refractivity contribution in [2.45, 2.75) is 0 Å². The third-order valence-corrected chi connectivity index (χ3v) is 14.2. The van der Waals surface area contributed by atoms with Gasteiger partial charge in [-0.3, -0.25) is 0 Å². The predicted molar refractivity (Wildman–Crippen MR) is 202 cm³/mol. The zero-order valence-electron chi connectivity index (χ0n) is 26.1. The molecule has 0 aliphatic heterocycles. The topological polar surface area (TPSA) is 13.6 Å². The summed E-state index contributed by atoms with van der Waals surface area (Å²) in [7, 11) is -2.85. The van der Waals surface area contributed by atoms with Gasteiger partial charge in [-0.2, -0.15) is 0 Å². The molecule has 8 rings (SSSR count). The van der Waals surface area contributed by atoms with Gasteiger partial charge in [0.05, 0.1) is 24.2 Å². The number of nitrogens with zero attached hydrogens (tertiary/aromatic N) is 3. The largest absolute Gasteiger partial charge is 0.311 e.